The number of benzene rings is 1. The van der Waals surface area contributed by atoms with Crippen LogP contribution < -0.4 is 5.32 Å². The lowest BCUT2D eigenvalue weighted by Gasteiger charge is -2.45. The largest absolute Gasteiger partial charge is 0.508 e. The number of aromatic hydroxyl groups is 1. The van der Waals surface area contributed by atoms with Gasteiger partial charge in [0.25, 0.3) is 0 Å². The van der Waals surface area contributed by atoms with Gasteiger partial charge in [-0.2, -0.15) is 0 Å². The molecule has 0 amide bonds. The van der Waals surface area contributed by atoms with Gasteiger partial charge in [-0.15, -0.1) is 0 Å². The van der Waals surface area contributed by atoms with Crippen LogP contribution in [0.5, 0.6) is 5.75 Å². The van der Waals surface area contributed by atoms with Crippen molar-refractivity contribution in [3.63, 3.8) is 0 Å². The molecule has 26 heavy (non-hydrogen) atoms. The summed E-state index contributed by atoms with van der Waals surface area (Å²) in [6.45, 7) is 10.7. The third-order valence-corrected chi connectivity index (χ3v) is 7.06. The third-order valence-electron chi connectivity index (χ3n) is 7.06. The van der Waals surface area contributed by atoms with Crippen LogP contribution >= 0.6 is 0 Å². The molecule has 0 radical (unpaired) electrons. The van der Waals surface area contributed by atoms with E-state index in [0.717, 1.165) is 19.0 Å². The second-order valence-electron chi connectivity index (χ2n) is 8.98. The molecule has 2 aliphatic rings. The van der Waals surface area contributed by atoms with Gasteiger partial charge in [-0.1, -0.05) is 45.2 Å². The van der Waals surface area contributed by atoms with E-state index in [1.807, 2.05) is 12.1 Å². The van der Waals surface area contributed by atoms with Crippen LogP contribution in [0, 0.1) is 11.8 Å². The smallest absolute Gasteiger partial charge is 0.115 e. The van der Waals surface area contributed by atoms with Crippen LogP contribution in [0.25, 0.3) is 0 Å². The lowest BCUT2D eigenvalue weighted by molar-refractivity contribution is 0.110. The number of likely N-dealkylation sites (tertiary alicyclic amines) is 1. The molecule has 1 aliphatic carbocycles. The molecule has 2 unspecified atom stereocenters. The molecule has 1 aliphatic heterocycles. The predicted octanol–water partition coefficient (Wildman–Crippen LogP) is 4.55. The van der Waals surface area contributed by atoms with Crippen LogP contribution in [0.3, 0.4) is 0 Å². The Bertz CT molecular complexity index is 555. The first-order valence-electron chi connectivity index (χ1n) is 10.8. The molecule has 1 heterocycles. The van der Waals surface area contributed by atoms with Crippen molar-refractivity contribution < 1.29 is 5.11 Å². The van der Waals surface area contributed by atoms with Gasteiger partial charge in [0.2, 0.25) is 0 Å². The van der Waals surface area contributed by atoms with Crippen molar-refractivity contribution >= 4 is 0 Å². The van der Waals surface area contributed by atoms with E-state index in [1.165, 1.54) is 70.1 Å². The highest BCUT2D eigenvalue weighted by Crippen LogP contribution is 2.40. The second-order valence-corrected chi connectivity index (χ2v) is 8.98. The zero-order valence-electron chi connectivity index (χ0n) is 16.8. The van der Waals surface area contributed by atoms with Gasteiger partial charge in [0, 0.05) is 6.54 Å². The van der Waals surface area contributed by atoms with Crippen molar-refractivity contribution in [2.45, 2.75) is 64.2 Å². The van der Waals surface area contributed by atoms with Crippen molar-refractivity contribution in [2.75, 3.05) is 32.7 Å². The number of hydrogen-bond donors (Lipinski definition) is 2. The minimum Gasteiger partial charge on any atom is -0.508 e. The number of nitrogens with one attached hydrogen (secondary N) is 1. The zero-order chi connectivity index (χ0) is 18.4. The minimum atomic E-state index is 0.175. The fraction of sp³-hybridized carbons (Fsp3) is 0.739. The van der Waals surface area contributed by atoms with E-state index in [1.54, 1.807) is 6.07 Å². The monoisotopic (exact) mass is 358 g/mol. The lowest BCUT2D eigenvalue weighted by atomic mass is 9.68. The van der Waals surface area contributed by atoms with E-state index in [9.17, 15) is 5.11 Å². The molecule has 1 aromatic rings. The quantitative estimate of drug-likeness (QED) is 0.702. The van der Waals surface area contributed by atoms with E-state index in [2.05, 4.69) is 30.1 Å². The van der Waals surface area contributed by atoms with Gasteiger partial charge < -0.3 is 15.3 Å². The highest BCUT2D eigenvalue weighted by Gasteiger charge is 2.37. The fourth-order valence-corrected chi connectivity index (χ4v) is 4.94. The summed E-state index contributed by atoms with van der Waals surface area (Å²) in [6.07, 6.45) is 9.63. The summed E-state index contributed by atoms with van der Waals surface area (Å²) in [6, 6.07) is 7.89. The molecule has 0 bridgehead atoms. The molecule has 0 spiro atoms. The van der Waals surface area contributed by atoms with Gasteiger partial charge in [0.15, 0.2) is 0 Å². The Kier molecular flexibility index (Phi) is 6.99. The second kappa shape index (κ2) is 9.23. The SMILES string of the molecule is CC1CN(CCCNCC2CCCCC2)CCC1(C)c1cccc(O)c1. The molecule has 0 aromatic heterocycles. The van der Waals surface area contributed by atoms with E-state index >= 15 is 0 Å². The summed E-state index contributed by atoms with van der Waals surface area (Å²) in [5, 5.41) is 13.5. The average molecular weight is 359 g/mol. The van der Waals surface area contributed by atoms with E-state index in [-0.39, 0.29) is 5.41 Å². The summed E-state index contributed by atoms with van der Waals surface area (Å²) in [7, 11) is 0. The normalized spacial score (nSPS) is 28.3. The Balaban J connectivity index is 1.38. The molecule has 3 nitrogen and oxygen atoms in total. The lowest BCUT2D eigenvalue weighted by Crippen LogP contribution is -2.47. The van der Waals surface area contributed by atoms with Gasteiger partial charge in [0.05, 0.1) is 0 Å². The number of nitrogens with zero attached hydrogens (tertiary/aromatic N) is 1. The summed E-state index contributed by atoms with van der Waals surface area (Å²) >= 11 is 0. The Hall–Kier alpha value is -1.06. The highest BCUT2D eigenvalue weighted by atomic mass is 16.3. The topological polar surface area (TPSA) is 35.5 Å². The van der Waals surface area contributed by atoms with E-state index in [4.69, 9.17) is 0 Å². The molecule has 1 saturated carbocycles. The molecule has 2 N–H and O–H groups in total. The van der Waals surface area contributed by atoms with Crippen molar-refractivity contribution in [2.24, 2.45) is 11.8 Å². The van der Waals surface area contributed by atoms with Gasteiger partial charge in [0.1, 0.15) is 5.75 Å². The Morgan fingerprint density at radius 3 is 2.77 bits per heavy atom. The average Bonchev–Trinajstić information content (AvgIpc) is 2.65. The number of phenolic OH excluding ortho intramolecular Hbond substituents is 1. The maximum atomic E-state index is 9.84. The van der Waals surface area contributed by atoms with Crippen LogP contribution in [0.2, 0.25) is 0 Å². The van der Waals surface area contributed by atoms with Crippen LogP contribution in [-0.4, -0.2) is 42.7 Å². The van der Waals surface area contributed by atoms with Crippen molar-refractivity contribution in [3.05, 3.63) is 29.8 Å². The minimum absolute atomic E-state index is 0.175. The van der Waals surface area contributed by atoms with E-state index < -0.39 is 0 Å². The Morgan fingerprint density at radius 1 is 1.23 bits per heavy atom. The number of hydrogen-bond acceptors (Lipinski definition) is 3. The molecular formula is C23H38N2O. The van der Waals surface area contributed by atoms with Crippen molar-refractivity contribution in [1.29, 1.82) is 0 Å². The maximum Gasteiger partial charge on any atom is 0.115 e. The van der Waals surface area contributed by atoms with Crippen LogP contribution in [-0.2, 0) is 5.41 Å². The Morgan fingerprint density at radius 2 is 2.04 bits per heavy atom. The molecule has 2 atom stereocenters. The molecular weight excluding hydrogens is 320 g/mol. The molecule has 146 valence electrons. The first-order chi connectivity index (χ1) is 12.6. The molecule has 2 fully saturated rings. The summed E-state index contributed by atoms with van der Waals surface area (Å²) in [5.74, 6) is 1.93. The summed E-state index contributed by atoms with van der Waals surface area (Å²) in [5.41, 5.74) is 1.47. The van der Waals surface area contributed by atoms with Crippen LogP contribution in [0.1, 0.15) is 64.4 Å². The standard InChI is InChI=1S/C23H38N2O/c1-19-18-25(14-7-13-24-17-20-8-4-3-5-9-20)15-12-23(19,2)21-10-6-11-22(26)16-21/h6,10-11,16,19-20,24,26H,3-5,7-9,12-15,17-18H2,1-2H3. The molecule has 3 heteroatoms. The van der Waals surface area contributed by atoms with E-state index in [0.29, 0.717) is 11.7 Å². The van der Waals surface area contributed by atoms with Crippen LogP contribution in [0.4, 0.5) is 0 Å². The fourth-order valence-electron chi connectivity index (χ4n) is 4.94. The predicted molar refractivity (Wildman–Crippen MR) is 110 cm³/mol. The Labute approximate surface area is 160 Å². The number of rotatable bonds is 7. The molecule has 1 saturated heterocycles. The number of piperidine rings is 1. The first kappa shape index (κ1) is 19.7. The van der Waals surface area contributed by atoms with Gasteiger partial charge in [-0.05, 0) is 86.8 Å². The summed E-state index contributed by atoms with van der Waals surface area (Å²) < 4.78 is 0. The number of phenols is 1. The first-order valence-corrected chi connectivity index (χ1v) is 10.8. The molecule has 1 aromatic carbocycles. The van der Waals surface area contributed by atoms with Gasteiger partial charge in [-0.3, -0.25) is 0 Å². The highest BCUT2D eigenvalue weighted by molar-refractivity contribution is 5.33. The van der Waals surface area contributed by atoms with Gasteiger partial charge in [-0.25, -0.2) is 0 Å². The van der Waals surface area contributed by atoms with Crippen molar-refractivity contribution in [1.82, 2.24) is 10.2 Å². The summed E-state index contributed by atoms with van der Waals surface area (Å²) in [4.78, 5) is 2.64. The van der Waals surface area contributed by atoms with Crippen molar-refractivity contribution in [3.8, 4) is 5.75 Å². The third kappa shape index (κ3) is 5.01. The van der Waals surface area contributed by atoms with Crippen LogP contribution in [0.15, 0.2) is 24.3 Å². The zero-order valence-corrected chi connectivity index (χ0v) is 16.8. The maximum absolute atomic E-state index is 9.84. The van der Waals surface area contributed by atoms with Gasteiger partial charge >= 0.3 is 0 Å². The molecule has 3 rings (SSSR count).